The lowest BCUT2D eigenvalue weighted by Crippen LogP contribution is -2.48. The minimum Gasteiger partial charge on any atom is -0.337 e. The summed E-state index contributed by atoms with van der Waals surface area (Å²) in [4.78, 5) is 20.8. The highest BCUT2D eigenvalue weighted by atomic mass is 16.2. The van der Waals surface area contributed by atoms with Gasteiger partial charge >= 0.3 is 0 Å². The average Bonchev–Trinajstić information content (AvgIpc) is 2.55. The first-order chi connectivity index (χ1) is 9.22. The molecule has 5 nitrogen and oxygen atoms in total. The van der Waals surface area contributed by atoms with Gasteiger partial charge in [-0.05, 0) is 32.1 Å². The van der Waals surface area contributed by atoms with E-state index in [0.29, 0.717) is 13.1 Å². The van der Waals surface area contributed by atoms with Crippen molar-refractivity contribution in [1.82, 2.24) is 20.1 Å². The van der Waals surface area contributed by atoms with Crippen LogP contribution in [0.2, 0.25) is 0 Å². The summed E-state index contributed by atoms with van der Waals surface area (Å²) in [6.45, 7) is 3.12. The molecule has 1 aliphatic rings. The fourth-order valence-electron chi connectivity index (χ4n) is 2.48. The van der Waals surface area contributed by atoms with Gasteiger partial charge in [-0.15, -0.1) is 0 Å². The summed E-state index contributed by atoms with van der Waals surface area (Å²) >= 11 is 0. The maximum atomic E-state index is 12.6. The minimum atomic E-state index is -0.0656. The van der Waals surface area contributed by atoms with Gasteiger partial charge in [0.2, 0.25) is 5.91 Å². The number of hydrogen-bond acceptors (Lipinski definition) is 4. The normalized spacial score (nSPS) is 21.5. The second-order valence-electron chi connectivity index (χ2n) is 5.03. The molecule has 104 valence electrons. The third-order valence-electron chi connectivity index (χ3n) is 3.56. The van der Waals surface area contributed by atoms with Crippen molar-refractivity contribution < 1.29 is 4.79 Å². The Bertz CT molecular complexity index is 409. The first kappa shape index (κ1) is 14.0. The Labute approximate surface area is 114 Å². The Morgan fingerprint density at radius 3 is 3.00 bits per heavy atom. The molecule has 0 spiro atoms. The summed E-state index contributed by atoms with van der Waals surface area (Å²) < 4.78 is 0. The van der Waals surface area contributed by atoms with Crippen LogP contribution in [-0.4, -0.2) is 60.5 Å². The van der Waals surface area contributed by atoms with E-state index in [2.05, 4.69) is 15.2 Å². The van der Waals surface area contributed by atoms with Crippen molar-refractivity contribution in [2.45, 2.75) is 19.0 Å². The molecule has 0 saturated carbocycles. The summed E-state index contributed by atoms with van der Waals surface area (Å²) in [5.41, 5.74) is 1.09. The van der Waals surface area contributed by atoms with Gasteiger partial charge in [0.25, 0.3) is 0 Å². The summed E-state index contributed by atoms with van der Waals surface area (Å²) in [5.74, 6) is 0.207. The van der Waals surface area contributed by atoms with Gasteiger partial charge in [0.1, 0.15) is 6.04 Å². The van der Waals surface area contributed by atoms with Crippen molar-refractivity contribution >= 4 is 5.91 Å². The van der Waals surface area contributed by atoms with E-state index in [1.54, 1.807) is 6.20 Å². The Morgan fingerprint density at radius 2 is 2.32 bits per heavy atom. The second-order valence-corrected chi connectivity index (χ2v) is 5.03. The first-order valence-electron chi connectivity index (χ1n) is 6.75. The maximum Gasteiger partial charge on any atom is 0.241 e. The van der Waals surface area contributed by atoms with Crippen LogP contribution in [0.1, 0.15) is 12.0 Å². The molecule has 1 N–H and O–H groups in total. The fraction of sp³-hybridized carbons (Fsp3) is 0.571. The number of aromatic nitrogens is 1. The van der Waals surface area contributed by atoms with E-state index < -0.39 is 0 Å². The monoisotopic (exact) mass is 262 g/mol. The molecule has 2 heterocycles. The Morgan fingerprint density at radius 1 is 1.47 bits per heavy atom. The number of carbonyl (C=O) groups is 1. The molecule has 2 rings (SSSR count). The maximum absolute atomic E-state index is 12.6. The average molecular weight is 262 g/mol. The van der Waals surface area contributed by atoms with Crippen molar-refractivity contribution in [1.29, 1.82) is 0 Å². The summed E-state index contributed by atoms with van der Waals surface area (Å²) in [6, 6.07) is 3.86. The van der Waals surface area contributed by atoms with Gasteiger partial charge in [-0.2, -0.15) is 0 Å². The number of nitrogens with one attached hydrogen (secondary N) is 1. The van der Waals surface area contributed by atoms with Crippen molar-refractivity contribution in [2.24, 2.45) is 0 Å². The minimum absolute atomic E-state index is 0.0656. The van der Waals surface area contributed by atoms with Gasteiger partial charge in [-0.3, -0.25) is 14.7 Å². The lowest BCUT2D eigenvalue weighted by Gasteiger charge is -2.28. The Balaban J connectivity index is 2.09. The SMILES string of the molecule is CNCC1C(=O)N(Cc2cccnc2)CCCN1C. The number of hydrogen-bond donors (Lipinski definition) is 1. The molecule has 0 radical (unpaired) electrons. The van der Waals surface area contributed by atoms with Gasteiger partial charge in [-0.25, -0.2) is 0 Å². The highest BCUT2D eigenvalue weighted by molar-refractivity contribution is 5.82. The van der Waals surface area contributed by atoms with Crippen LogP contribution in [0.15, 0.2) is 24.5 Å². The largest absolute Gasteiger partial charge is 0.337 e. The van der Waals surface area contributed by atoms with Crippen LogP contribution in [0.25, 0.3) is 0 Å². The Kier molecular flexibility index (Phi) is 4.87. The van der Waals surface area contributed by atoms with Crippen molar-refractivity contribution in [3.05, 3.63) is 30.1 Å². The zero-order valence-electron chi connectivity index (χ0n) is 11.7. The molecule has 1 atom stereocenters. The van der Waals surface area contributed by atoms with E-state index >= 15 is 0 Å². The van der Waals surface area contributed by atoms with E-state index in [4.69, 9.17) is 0 Å². The number of carbonyl (C=O) groups excluding carboxylic acids is 1. The van der Waals surface area contributed by atoms with Crippen LogP contribution in [0.3, 0.4) is 0 Å². The van der Waals surface area contributed by atoms with Crippen molar-refractivity contribution in [2.75, 3.05) is 33.7 Å². The third-order valence-corrected chi connectivity index (χ3v) is 3.56. The summed E-state index contributed by atoms with van der Waals surface area (Å²) in [5, 5.41) is 3.11. The van der Waals surface area contributed by atoms with Crippen LogP contribution in [-0.2, 0) is 11.3 Å². The van der Waals surface area contributed by atoms with E-state index in [0.717, 1.165) is 25.1 Å². The van der Waals surface area contributed by atoms with Gasteiger partial charge in [0.05, 0.1) is 0 Å². The van der Waals surface area contributed by atoms with Gasteiger partial charge < -0.3 is 10.2 Å². The second kappa shape index (κ2) is 6.63. The molecule has 0 aromatic carbocycles. The van der Waals surface area contributed by atoms with Crippen LogP contribution < -0.4 is 5.32 Å². The molecular weight excluding hydrogens is 240 g/mol. The molecular formula is C14H22N4O. The van der Waals surface area contributed by atoms with E-state index in [9.17, 15) is 4.79 Å². The highest BCUT2D eigenvalue weighted by Gasteiger charge is 2.29. The third kappa shape index (κ3) is 3.52. The summed E-state index contributed by atoms with van der Waals surface area (Å²) in [6.07, 6.45) is 4.60. The zero-order valence-corrected chi connectivity index (χ0v) is 11.7. The number of nitrogens with zero attached hydrogens (tertiary/aromatic N) is 3. The predicted molar refractivity (Wildman–Crippen MR) is 74.6 cm³/mol. The lowest BCUT2D eigenvalue weighted by atomic mass is 10.2. The molecule has 1 aromatic heterocycles. The van der Waals surface area contributed by atoms with Gasteiger partial charge in [0, 0.05) is 38.6 Å². The topological polar surface area (TPSA) is 48.5 Å². The predicted octanol–water partition coefficient (Wildman–Crippen LogP) is 0.334. The summed E-state index contributed by atoms with van der Waals surface area (Å²) in [7, 11) is 3.91. The Hall–Kier alpha value is -1.46. The highest BCUT2D eigenvalue weighted by Crippen LogP contribution is 2.12. The molecule has 19 heavy (non-hydrogen) atoms. The molecule has 1 fully saturated rings. The molecule has 1 aliphatic heterocycles. The van der Waals surface area contributed by atoms with Crippen molar-refractivity contribution in [3.63, 3.8) is 0 Å². The number of amides is 1. The number of rotatable bonds is 4. The molecule has 1 unspecified atom stereocenters. The number of likely N-dealkylation sites (N-methyl/N-ethyl adjacent to an activating group) is 2. The zero-order chi connectivity index (χ0) is 13.7. The molecule has 0 bridgehead atoms. The van der Waals surface area contributed by atoms with E-state index in [-0.39, 0.29) is 11.9 Å². The van der Waals surface area contributed by atoms with Gasteiger partial charge in [0.15, 0.2) is 0 Å². The first-order valence-corrected chi connectivity index (χ1v) is 6.75. The van der Waals surface area contributed by atoms with Crippen LogP contribution >= 0.6 is 0 Å². The van der Waals surface area contributed by atoms with Gasteiger partial charge in [-0.1, -0.05) is 6.07 Å². The van der Waals surface area contributed by atoms with Crippen molar-refractivity contribution in [3.8, 4) is 0 Å². The smallest absolute Gasteiger partial charge is 0.241 e. The molecule has 1 saturated heterocycles. The van der Waals surface area contributed by atoms with Crippen LogP contribution in [0, 0.1) is 0 Å². The standard InChI is InChI=1S/C14H22N4O/c1-15-10-13-14(19)18(8-4-7-17(13)2)11-12-5-3-6-16-9-12/h3,5-6,9,13,15H,4,7-8,10-11H2,1-2H3. The molecule has 5 heteroatoms. The lowest BCUT2D eigenvalue weighted by molar-refractivity contribution is -0.135. The molecule has 0 aliphatic carbocycles. The number of pyridine rings is 1. The van der Waals surface area contributed by atoms with E-state index in [1.165, 1.54) is 0 Å². The molecule has 1 aromatic rings. The van der Waals surface area contributed by atoms with Crippen LogP contribution in [0.5, 0.6) is 0 Å². The van der Waals surface area contributed by atoms with E-state index in [1.807, 2.05) is 37.3 Å². The quantitative estimate of drug-likeness (QED) is 0.850. The molecule has 1 amide bonds. The van der Waals surface area contributed by atoms with Crippen LogP contribution in [0.4, 0.5) is 0 Å². The fourth-order valence-corrected chi connectivity index (χ4v) is 2.48.